The quantitative estimate of drug-likeness (QED) is 0.597. The predicted octanol–water partition coefficient (Wildman–Crippen LogP) is 1.70. The van der Waals surface area contributed by atoms with Crippen LogP contribution in [0.25, 0.3) is 0 Å². The van der Waals surface area contributed by atoms with E-state index in [0.717, 1.165) is 42.9 Å². The van der Waals surface area contributed by atoms with E-state index in [1.807, 2.05) is 0 Å². The van der Waals surface area contributed by atoms with Crippen molar-refractivity contribution in [3.63, 3.8) is 0 Å². The van der Waals surface area contributed by atoms with Gasteiger partial charge in [0.15, 0.2) is 0 Å². The van der Waals surface area contributed by atoms with E-state index >= 15 is 0 Å². The van der Waals surface area contributed by atoms with Gasteiger partial charge >= 0.3 is 0 Å². The van der Waals surface area contributed by atoms with Gasteiger partial charge in [0.05, 0.1) is 12.1 Å². The van der Waals surface area contributed by atoms with Gasteiger partial charge in [-0.3, -0.25) is 4.99 Å². The minimum Gasteiger partial charge on any atom is -0.358 e. The summed E-state index contributed by atoms with van der Waals surface area (Å²) in [6.45, 7) is 1.85. The number of isocyanates is 1. The fourth-order valence-corrected chi connectivity index (χ4v) is 2.44. The van der Waals surface area contributed by atoms with Gasteiger partial charge in [-0.2, -0.15) is 4.99 Å². The predicted molar refractivity (Wildman–Crippen MR) is 69.5 cm³/mol. The molecule has 1 heterocycles. The maximum absolute atomic E-state index is 10.4. The number of hydrogen-bond acceptors (Lipinski definition) is 4. The largest absolute Gasteiger partial charge is 0.358 e. The molecule has 0 spiro atoms. The summed E-state index contributed by atoms with van der Waals surface area (Å²) in [4.78, 5) is 21.0. The highest BCUT2D eigenvalue weighted by Gasteiger charge is 2.44. The highest BCUT2D eigenvalue weighted by atomic mass is 16.1. The molecule has 2 aliphatic rings. The average Bonchev–Trinajstić information content (AvgIpc) is 3.05. The number of amidine groups is 1. The second-order valence-corrected chi connectivity index (χ2v) is 4.94. The van der Waals surface area contributed by atoms with Crippen LogP contribution in [0.5, 0.6) is 0 Å². The third kappa shape index (κ3) is 1.75. The van der Waals surface area contributed by atoms with E-state index in [1.54, 1.807) is 6.08 Å². The van der Waals surface area contributed by atoms with Gasteiger partial charge in [0.1, 0.15) is 5.84 Å². The molecule has 1 saturated carbocycles. The second-order valence-electron chi connectivity index (χ2n) is 4.94. The van der Waals surface area contributed by atoms with Crippen LogP contribution < -0.4 is 0 Å². The lowest BCUT2D eigenvalue weighted by Gasteiger charge is -2.15. The molecule has 18 heavy (non-hydrogen) atoms. The van der Waals surface area contributed by atoms with Gasteiger partial charge in [-0.05, 0) is 18.4 Å². The Balaban J connectivity index is 1.88. The number of nitrogens with zero attached hydrogens (tertiary/aromatic N) is 3. The lowest BCUT2D eigenvalue weighted by molar-refractivity contribution is 0.555. The normalized spacial score (nSPS) is 20.3. The summed E-state index contributed by atoms with van der Waals surface area (Å²) in [6.07, 6.45) is 3.58. The Labute approximate surface area is 106 Å². The van der Waals surface area contributed by atoms with Crippen LogP contribution in [-0.4, -0.2) is 37.0 Å². The maximum Gasteiger partial charge on any atom is 0.235 e. The number of hydrogen-bond donors (Lipinski definition) is 0. The monoisotopic (exact) mass is 241 g/mol. The zero-order valence-corrected chi connectivity index (χ0v) is 10.4. The summed E-state index contributed by atoms with van der Waals surface area (Å²) in [5.41, 5.74) is 1.96. The smallest absolute Gasteiger partial charge is 0.235 e. The zero-order valence-electron chi connectivity index (χ0n) is 10.4. The fourth-order valence-electron chi connectivity index (χ4n) is 2.44. The van der Waals surface area contributed by atoms with E-state index in [-0.39, 0.29) is 5.54 Å². The molecular formula is C14H15N3O. The highest BCUT2D eigenvalue weighted by molar-refractivity contribution is 5.99. The first-order valence-electron chi connectivity index (χ1n) is 6.21. The summed E-state index contributed by atoms with van der Waals surface area (Å²) in [5.74, 6) is 1.05. The van der Waals surface area contributed by atoms with E-state index in [4.69, 9.17) is 0 Å². The molecule has 0 saturated heterocycles. The lowest BCUT2D eigenvalue weighted by atomic mass is 10.0. The molecule has 0 N–H and O–H groups in total. The Bertz CT molecular complexity index is 537. The lowest BCUT2D eigenvalue weighted by Crippen LogP contribution is -2.23. The number of rotatable bonds is 3. The molecule has 0 radical (unpaired) electrons. The molecule has 1 aromatic rings. The van der Waals surface area contributed by atoms with Crippen molar-refractivity contribution in [1.29, 1.82) is 0 Å². The minimum atomic E-state index is -0.274. The van der Waals surface area contributed by atoms with Crippen LogP contribution in [0, 0.1) is 0 Å². The second kappa shape index (κ2) is 4.07. The molecule has 4 heteroatoms. The Morgan fingerprint density at radius 2 is 2.06 bits per heavy atom. The summed E-state index contributed by atoms with van der Waals surface area (Å²) in [7, 11) is 2.05. The number of aliphatic imine (C=N–C) groups is 2. The molecule has 0 atom stereocenters. The van der Waals surface area contributed by atoms with Gasteiger partial charge in [0.25, 0.3) is 0 Å². The van der Waals surface area contributed by atoms with E-state index in [9.17, 15) is 4.79 Å². The van der Waals surface area contributed by atoms with Crippen molar-refractivity contribution >= 4 is 11.9 Å². The third-order valence-corrected chi connectivity index (χ3v) is 3.72. The van der Waals surface area contributed by atoms with Gasteiger partial charge in [-0.15, -0.1) is 0 Å². The van der Waals surface area contributed by atoms with E-state index in [0.29, 0.717) is 0 Å². The topological polar surface area (TPSA) is 45.0 Å². The molecule has 4 nitrogen and oxygen atoms in total. The van der Waals surface area contributed by atoms with Crippen LogP contribution in [-0.2, 0) is 10.3 Å². The van der Waals surface area contributed by atoms with Crippen LogP contribution in [0.1, 0.15) is 24.0 Å². The summed E-state index contributed by atoms with van der Waals surface area (Å²) in [6, 6.07) is 8.24. The Morgan fingerprint density at radius 1 is 1.33 bits per heavy atom. The molecule has 1 fully saturated rings. The Hall–Kier alpha value is -1.93. The molecular weight excluding hydrogens is 226 g/mol. The molecule has 0 amide bonds. The van der Waals surface area contributed by atoms with Crippen LogP contribution in [0.15, 0.2) is 34.3 Å². The van der Waals surface area contributed by atoms with Crippen molar-refractivity contribution in [1.82, 2.24) is 4.90 Å². The Morgan fingerprint density at radius 3 is 2.56 bits per heavy atom. The van der Waals surface area contributed by atoms with Gasteiger partial charge in [0, 0.05) is 19.2 Å². The van der Waals surface area contributed by atoms with Crippen molar-refractivity contribution in [3.05, 3.63) is 35.4 Å². The van der Waals surface area contributed by atoms with Crippen molar-refractivity contribution in [2.45, 2.75) is 18.4 Å². The van der Waals surface area contributed by atoms with E-state index in [1.165, 1.54) is 0 Å². The van der Waals surface area contributed by atoms with E-state index in [2.05, 4.69) is 46.2 Å². The standard InChI is InChI=1S/C14H15N3O/c1-17-9-8-15-13(17)11-2-4-12(5-3-11)14(6-7-14)16-10-18/h2-5H,6-9H2,1H3. The fraction of sp³-hybridized carbons (Fsp3) is 0.429. The van der Waals surface area contributed by atoms with E-state index < -0.39 is 0 Å². The van der Waals surface area contributed by atoms with Crippen molar-refractivity contribution in [3.8, 4) is 0 Å². The van der Waals surface area contributed by atoms with Gasteiger partial charge in [-0.25, -0.2) is 4.79 Å². The van der Waals surface area contributed by atoms with Gasteiger partial charge < -0.3 is 4.90 Å². The SMILES string of the molecule is CN1CCN=C1c1ccc(C2(N=C=O)CC2)cc1. The molecule has 1 aliphatic carbocycles. The molecule has 0 bridgehead atoms. The van der Waals surface area contributed by atoms with Crippen LogP contribution in [0.3, 0.4) is 0 Å². The molecule has 1 aliphatic heterocycles. The molecule has 0 unspecified atom stereocenters. The van der Waals surface area contributed by atoms with Crippen molar-refractivity contribution < 1.29 is 4.79 Å². The molecule has 3 rings (SSSR count). The maximum atomic E-state index is 10.4. The summed E-state index contributed by atoms with van der Waals surface area (Å²) < 4.78 is 0. The molecule has 1 aromatic carbocycles. The highest BCUT2D eigenvalue weighted by Crippen LogP contribution is 2.49. The number of likely N-dealkylation sites (N-methyl/N-ethyl adjacent to an activating group) is 1. The average molecular weight is 241 g/mol. The zero-order chi connectivity index (χ0) is 12.6. The number of benzene rings is 1. The minimum absolute atomic E-state index is 0.274. The van der Waals surface area contributed by atoms with Gasteiger partial charge in [0.2, 0.25) is 6.08 Å². The first-order chi connectivity index (χ1) is 8.75. The first kappa shape index (κ1) is 11.2. The summed E-state index contributed by atoms with van der Waals surface area (Å²) >= 11 is 0. The molecule has 92 valence electrons. The molecule has 0 aromatic heterocycles. The Kier molecular flexibility index (Phi) is 2.53. The van der Waals surface area contributed by atoms with Crippen LogP contribution in [0.2, 0.25) is 0 Å². The summed E-state index contributed by atoms with van der Waals surface area (Å²) in [5, 5.41) is 0. The van der Waals surface area contributed by atoms with Gasteiger partial charge in [-0.1, -0.05) is 24.3 Å². The first-order valence-corrected chi connectivity index (χ1v) is 6.21. The third-order valence-electron chi connectivity index (χ3n) is 3.72. The van der Waals surface area contributed by atoms with Crippen molar-refractivity contribution in [2.75, 3.05) is 20.1 Å². The van der Waals surface area contributed by atoms with Crippen molar-refractivity contribution in [2.24, 2.45) is 9.98 Å². The van der Waals surface area contributed by atoms with Crippen LogP contribution in [0.4, 0.5) is 0 Å². The van der Waals surface area contributed by atoms with Crippen LogP contribution >= 0.6 is 0 Å². The number of carbonyl (C=O) groups excluding carboxylic acids is 1.